The van der Waals surface area contributed by atoms with E-state index in [-0.39, 0.29) is 17.5 Å². The van der Waals surface area contributed by atoms with Gasteiger partial charge in [-0.25, -0.2) is 0 Å². The van der Waals surface area contributed by atoms with E-state index >= 15 is 0 Å². The highest BCUT2D eigenvalue weighted by Crippen LogP contribution is 2.18. The number of H-pyrrole nitrogens is 1. The fourth-order valence-corrected chi connectivity index (χ4v) is 4.70. The van der Waals surface area contributed by atoms with Gasteiger partial charge in [0.1, 0.15) is 0 Å². The summed E-state index contributed by atoms with van der Waals surface area (Å²) in [5, 5.41) is 3.72. The maximum atomic E-state index is 13.3. The number of nitrogens with zero attached hydrogens (tertiary/aromatic N) is 3. The van der Waals surface area contributed by atoms with Crippen molar-refractivity contribution in [1.82, 2.24) is 24.7 Å². The van der Waals surface area contributed by atoms with Gasteiger partial charge in [-0.1, -0.05) is 30.3 Å². The smallest absolute Gasteiger partial charge is 0.262 e. The molecule has 1 fully saturated rings. The molecule has 0 bridgehead atoms. The van der Waals surface area contributed by atoms with Gasteiger partial charge < -0.3 is 19.9 Å². The predicted molar refractivity (Wildman–Crippen MR) is 140 cm³/mol. The molecule has 186 valence electrons. The normalized spacial score (nSPS) is 15.8. The molecule has 0 aliphatic carbocycles. The molecule has 1 atom stereocenters. The average molecular weight is 496 g/mol. The topological polar surface area (TPSA) is 82.6 Å². The van der Waals surface area contributed by atoms with Crippen LogP contribution < -0.4 is 10.9 Å². The molecular formula is C26H33N5O3S. The molecule has 3 aromatic rings. The number of likely N-dealkylation sites (N-methyl/N-ethyl adjacent to an activating group) is 1. The van der Waals surface area contributed by atoms with Crippen molar-refractivity contribution >= 4 is 29.0 Å². The lowest BCUT2D eigenvalue weighted by atomic mass is 10.0. The van der Waals surface area contributed by atoms with Crippen LogP contribution in [0.15, 0.2) is 53.3 Å². The number of aromatic amines is 1. The lowest BCUT2D eigenvalue weighted by Crippen LogP contribution is -2.47. The SMILES string of the molecule is COCCCn1c(=S)[nH]c2cc(C(=O)NC(CN3CCN(C)CC3)c3ccccc3)ccc2c1=O. The van der Waals surface area contributed by atoms with Crippen molar-refractivity contribution in [3.8, 4) is 0 Å². The van der Waals surface area contributed by atoms with Crippen LogP contribution in [0, 0.1) is 4.77 Å². The Morgan fingerprint density at radius 1 is 1.14 bits per heavy atom. The van der Waals surface area contributed by atoms with Crippen LogP contribution in [0.25, 0.3) is 10.9 Å². The van der Waals surface area contributed by atoms with Gasteiger partial charge in [-0.2, -0.15) is 0 Å². The van der Waals surface area contributed by atoms with Crippen molar-refractivity contribution in [2.24, 2.45) is 0 Å². The maximum Gasteiger partial charge on any atom is 0.262 e. The number of hydrogen-bond donors (Lipinski definition) is 2. The zero-order chi connectivity index (χ0) is 24.8. The van der Waals surface area contributed by atoms with Crippen molar-refractivity contribution in [2.45, 2.75) is 19.0 Å². The summed E-state index contributed by atoms with van der Waals surface area (Å²) in [5.41, 5.74) is 1.95. The summed E-state index contributed by atoms with van der Waals surface area (Å²) in [6, 6.07) is 15.0. The Kier molecular flexibility index (Phi) is 8.46. The van der Waals surface area contributed by atoms with Crippen LogP contribution in [0.4, 0.5) is 0 Å². The van der Waals surface area contributed by atoms with Gasteiger partial charge in [-0.3, -0.25) is 19.1 Å². The second-order valence-corrected chi connectivity index (χ2v) is 9.42. The third kappa shape index (κ3) is 6.24. The van der Waals surface area contributed by atoms with Crippen molar-refractivity contribution in [1.29, 1.82) is 0 Å². The summed E-state index contributed by atoms with van der Waals surface area (Å²) >= 11 is 5.42. The van der Waals surface area contributed by atoms with Crippen LogP contribution in [0.5, 0.6) is 0 Å². The average Bonchev–Trinajstić information content (AvgIpc) is 2.87. The van der Waals surface area contributed by atoms with Crippen LogP contribution >= 0.6 is 12.2 Å². The fourth-order valence-electron chi connectivity index (χ4n) is 4.42. The largest absolute Gasteiger partial charge is 0.385 e. The van der Waals surface area contributed by atoms with Crippen LogP contribution in [0.1, 0.15) is 28.4 Å². The molecule has 9 heteroatoms. The van der Waals surface area contributed by atoms with Gasteiger partial charge >= 0.3 is 0 Å². The number of hydrogen-bond acceptors (Lipinski definition) is 6. The summed E-state index contributed by atoms with van der Waals surface area (Å²) in [5.74, 6) is -0.182. The second kappa shape index (κ2) is 11.7. The van der Waals surface area contributed by atoms with Crippen molar-refractivity contribution in [3.63, 3.8) is 0 Å². The van der Waals surface area contributed by atoms with E-state index in [4.69, 9.17) is 17.0 Å². The van der Waals surface area contributed by atoms with E-state index < -0.39 is 0 Å². The fraction of sp³-hybridized carbons (Fsp3) is 0.423. The molecule has 1 aromatic heterocycles. The zero-order valence-corrected chi connectivity index (χ0v) is 21.1. The molecule has 2 N–H and O–H groups in total. The third-order valence-corrected chi connectivity index (χ3v) is 6.84. The standard InChI is InChI=1S/C26H33N5O3S/c1-29-12-14-30(15-13-29)18-23(19-7-4-3-5-8-19)27-24(32)20-9-10-21-22(17-20)28-26(35)31(25(21)33)11-6-16-34-2/h3-5,7-10,17,23H,6,11-16,18H2,1-2H3,(H,27,32)(H,28,35). The number of piperazine rings is 1. The van der Waals surface area contributed by atoms with Gasteiger partial charge in [0.2, 0.25) is 0 Å². The van der Waals surface area contributed by atoms with Crippen molar-refractivity contribution in [2.75, 3.05) is 53.5 Å². The third-order valence-electron chi connectivity index (χ3n) is 6.52. The summed E-state index contributed by atoms with van der Waals surface area (Å²) in [4.78, 5) is 34.1. The number of carbonyl (C=O) groups excluding carboxylic acids is 1. The molecule has 1 saturated heterocycles. The second-order valence-electron chi connectivity index (χ2n) is 9.03. The molecule has 2 aromatic carbocycles. The minimum absolute atomic E-state index is 0.143. The van der Waals surface area contributed by atoms with E-state index in [0.29, 0.717) is 40.8 Å². The maximum absolute atomic E-state index is 13.3. The number of amides is 1. The number of aromatic nitrogens is 2. The molecule has 0 radical (unpaired) electrons. The van der Waals surface area contributed by atoms with Gasteiger partial charge in [0.15, 0.2) is 4.77 Å². The number of fused-ring (bicyclic) bond motifs is 1. The van der Waals surface area contributed by atoms with E-state index in [0.717, 1.165) is 38.3 Å². The molecule has 2 heterocycles. The number of nitrogens with one attached hydrogen (secondary N) is 2. The first-order valence-electron chi connectivity index (χ1n) is 12.0. The lowest BCUT2D eigenvalue weighted by molar-refractivity contribution is 0.0907. The summed E-state index contributed by atoms with van der Waals surface area (Å²) in [6.45, 7) is 5.74. The minimum atomic E-state index is -0.182. The molecular weight excluding hydrogens is 462 g/mol. The summed E-state index contributed by atoms with van der Waals surface area (Å²) in [6.07, 6.45) is 0.689. The van der Waals surface area contributed by atoms with Gasteiger partial charge in [-0.15, -0.1) is 0 Å². The zero-order valence-electron chi connectivity index (χ0n) is 20.3. The highest BCUT2D eigenvalue weighted by Gasteiger charge is 2.22. The van der Waals surface area contributed by atoms with Crippen molar-refractivity contribution in [3.05, 3.63) is 74.8 Å². The molecule has 0 spiro atoms. The molecule has 1 aliphatic rings. The van der Waals surface area contributed by atoms with Gasteiger partial charge in [-0.05, 0) is 49.4 Å². The van der Waals surface area contributed by atoms with Gasteiger partial charge in [0, 0.05) is 58.5 Å². The van der Waals surface area contributed by atoms with Gasteiger partial charge in [0.25, 0.3) is 11.5 Å². The molecule has 8 nitrogen and oxygen atoms in total. The first kappa shape index (κ1) is 25.2. The Morgan fingerprint density at radius 2 is 1.89 bits per heavy atom. The minimum Gasteiger partial charge on any atom is -0.385 e. The number of benzene rings is 2. The predicted octanol–water partition coefficient (Wildman–Crippen LogP) is 2.81. The van der Waals surface area contributed by atoms with E-state index in [9.17, 15) is 9.59 Å². The molecule has 4 rings (SSSR count). The molecule has 1 amide bonds. The number of ether oxygens (including phenoxy) is 1. The highest BCUT2D eigenvalue weighted by molar-refractivity contribution is 7.71. The Morgan fingerprint density at radius 3 is 2.60 bits per heavy atom. The number of carbonyl (C=O) groups is 1. The summed E-state index contributed by atoms with van der Waals surface area (Å²) in [7, 11) is 3.76. The van der Waals surface area contributed by atoms with Crippen LogP contribution in [-0.4, -0.2) is 78.7 Å². The van der Waals surface area contributed by atoms with Crippen LogP contribution in [-0.2, 0) is 11.3 Å². The summed E-state index contributed by atoms with van der Waals surface area (Å²) < 4.78 is 6.96. The Hall–Kier alpha value is -2.85. The van der Waals surface area contributed by atoms with E-state index in [1.807, 2.05) is 30.3 Å². The van der Waals surface area contributed by atoms with E-state index in [1.54, 1.807) is 25.3 Å². The highest BCUT2D eigenvalue weighted by atomic mass is 32.1. The Balaban J connectivity index is 1.55. The number of rotatable bonds is 9. The monoisotopic (exact) mass is 495 g/mol. The molecule has 35 heavy (non-hydrogen) atoms. The Bertz CT molecular complexity index is 1270. The van der Waals surface area contributed by atoms with Crippen LogP contribution in [0.2, 0.25) is 0 Å². The quantitative estimate of drug-likeness (QED) is 0.351. The van der Waals surface area contributed by atoms with E-state index in [2.05, 4.69) is 27.1 Å². The van der Waals surface area contributed by atoms with Crippen molar-refractivity contribution < 1.29 is 9.53 Å². The number of methoxy groups -OCH3 is 1. The van der Waals surface area contributed by atoms with Crippen LogP contribution in [0.3, 0.4) is 0 Å². The van der Waals surface area contributed by atoms with E-state index in [1.165, 1.54) is 4.57 Å². The first-order chi connectivity index (χ1) is 17.0. The Labute approximate surface area is 210 Å². The lowest BCUT2D eigenvalue weighted by Gasteiger charge is -2.35. The molecule has 1 aliphatic heterocycles. The van der Waals surface area contributed by atoms with Gasteiger partial charge in [0.05, 0.1) is 16.9 Å². The first-order valence-corrected chi connectivity index (χ1v) is 12.4. The molecule has 0 saturated carbocycles. The molecule has 1 unspecified atom stereocenters.